The van der Waals surface area contributed by atoms with E-state index in [1.165, 1.54) is 0 Å². The van der Waals surface area contributed by atoms with Gasteiger partial charge in [-0.2, -0.15) is 0 Å². The van der Waals surface area contributed by atoms with Gasteiger partial charge in [0.1, 0.15) is 5.92 Å². The van der Waals surface area contributed by atoms with Crippen molar-refractivity contribution in [1.82, 2.24) is 5.32 Å². The van der Waals surface area contributed by atoms with Crippen molar-refractivity contribution in [3.8, 4) is 0 Å². The molecule has 1 saturated heterocycles. The van der Waals surface area contributed by atoms with Crippen LogP contribution in [0.25, 0.3) is 0 Å². The summed E-state index contributed by atoms with van der Waals surface area (Å²) in [7, 11) is 0. The van der Waals surface area contributed by atoms with Gasteiger partial charge in [0.25, 0.3) is 0 Å². The van der Waals surface area contributed by atoms with Crippen LogP contribution in [0, 0.1) is 5.92 Å². The van der Waals surface area contributed by atoms with Crippen LogP contribution in [0.1, 0.15) is 6.42 Å². The van der Waals surface area contributed by atoms with Gasteiger partial charge in [0.05, 0.1) is 12.6 Å². The van der Waals surface area contributed by atoms with Crippen molar-refractivity contribution in [1.29, 1.82) is 0 Å². The van der Waals surface area contributed by atoms with E-state index in [1.807, 2.05) is 5.32 Å². The summed E-state index contributed by atoms with van der Waals surface area (Å²) in [6, 6.07) is -1.08. The van der Waals surface area contributed by atoms with Gasteiger partial charge in [-0.25, -0.2) is 0 Å². The van der Waals surface area contributed by atoms with E-state index in [-0.39, 0.29) is 6.42 Å². The zero-order valence-electron chi connectivity index (χ0n) is 6.82. The Hall–Kier alpha value is -1.27. The number of carbonyl (C=O) groups excluding carboxylic acids is 3. The summed E-state index contributed by atoms with van der Waals surface area (Å²) >= 11 is 0. The minimum absolute atomic E-state index is 0.161. The van der Waals surface area contributed by atoms with Crippen LogP contribution >= 0.6 is 0 Å². The maximum atomic E-state index is 11.2. The molecule has 0 aliphatic carbocycles. The number of carbonyl (C=O) groups is 3. The summed E-state index contributed by atoms with van der Waals surface area (Å²) in [6.07, 6.45) is -0.161. The van der Waals surface area contributed by atoms with E-state index in [0.717, 1.165) is 0 Å². The number of ketones is 1. The largest absolute Gasteiger partial charge is 0.394 e. The molecular formula is C7H10N2O4. The fraction of sp³-hybridized carbons (Fsp3) is 0.571. The number of hydrogen-bond acceptors (Lipinski definition) is 5. The molecule has 4 N–H and O–H groups in total. The Balaban J connectivity index is 2.67. The first-order chi connectivity index (χ1) is 6.06. The van der Waals surface area contributed by atoms with Crippen molar-refractivity contribution in [3.63, 3.8) is 0 Å². The van der Waals surface area contributed by atoms with Gasteiger partial charge in [0.2, 0.25) is 11.8 Å². The number of aliphatic hydroxyl groups is 1. The lowest BCUT2D eigenvalue weighted by Gasteiger charge is -2.09. The molecule has 6 heteroatoms. The molecule has 1 aliphatic heterocycles. The van der Waals surface area contributed by atoms with Gasteiger partial charge in [-0.15, -0.1) is 0 Å². The molecule has 0 saturated carbocycles. The molecule has 6 nitrogen and oxygen atoms in total. The van der Waals surface area contributed by atoms with Crippen LogP contribution < -0.4 is 11.1 Å². The Bertz CT molecular complexity index is 263. The minimum Gasteiger partial charge on any atom is -0.394 e. The SMILES string of the molecule is N[C@@H](CO)C(=O)C1CC(=O)NC1=O. The number of aliphatic hydroxyl groups excluding tert-OH is 1. The average molecular weight is 186 g/mol. The third-order valence-electron chi connectivity index (χ3n) is 1.87. The molecule has 72 valence electrons. The first kappa shape index (κ1) is 9.82. The molecule has 1 fully saturated rings. The summed E-state index contributed by atoms with van der Waals surface area (Å²) in [6.45, 7) is -0.517. The Morgan fingerprint density at radius 2 is 2.31 bits per heavy atom. The van der Waals surface area contributed by atoms with Gasteiger partial charge >= 0.3 is 0 Å². The number of hydrogen-bond donors (Lipinski definition) is 3. The van der Waals surface area contributed by atoms with Crippen molar-refractivity contribution in [2.24, 2.45) is 11.7 Å². The summed E-state index contributed by atoms with van der Waals surface area (Å²) in [5.41, 5.74) is 5.21. The normalized spacial score (nSPS) is 24.3. The molecule has 0 bridgehead atoms. The van der Waals surface area contributed by atoms with Crippen LogP contribution in [-0.2, 0) is 14.4 Å². The van der Waals surface area contributed by atoms with E-state index in [0.29, 0.717) is 0 Å². The van der Waals surface area contributed by atoms with E-state index in [9.17, 15) is 14.4 Å². The Kier molecular flexibility index (Phi) is 2.74. The lowest BCUT2D eigenvalue weighted by atomic mass is 9.97. The highest BCUT2D eigenvalue weighted by molar-refractivity contribution is 6.15. The Morgan fingerprint density at radius 3 is 2.69 bits per heavy atom. The van der Waals surface area contributed by atoms with Crippen LogP contribution in [-0.4, -0.2) is 35.4 Å². The van der Waals surface area contributed by atoms with E-state index in [4.69, 9.17) is 10.8 Å². The van der Waals surface area contributed by atoms with E-state index in [2.05, 4.69) is 0 Å². The number of rotatable bonds is 3. The van der Waals surface area contributed by atoms with Crippen LogP contribution in [0.15, 0.2) is 0 Å². The molecular weight excluding hydrogens is 176 g/mol. The van der Waals surface area contributed by atoms with Crippen LogP contribution in [0.2, 0.25) is 0 Å². The third-order valence-corrected chi connectivity index (χ3v) is 1.87. The van der Waals surface area contributed by atoms with E-state index in [1.54, 1.807) is 0 Å². The smallest absolute Gasteiger partial charge is 0.237 e. The highest BCUT2D eigenvalue weighted by atomic mass is 16.3. The predicted octanol–water partition coefficient (Wildman–Crippen LogP) is -2.46. The lowest BCUT2D eigenvalue weighted by Crippen LogP contribution is -2.41. The number of nitrogens with one attached hydrogen (secondary N) is 1. The van der Waals surface area contributed by atoms with Crippen molar-refractivity contribution in [2.75, 3.05) is 6.61 Å². The quantitative estimate of drug-likeness (QED) is 0.334. The predicted molar refractivity (Wildman–Crippen MR) is 41.3 cm³/mol. The zero-order chi connectivity index (χ0) is 10.0. The Labute approximate surface area is 74.1 Å². The standard InChI is InChI=1S/C7H10N2O4/c8-4(2-10)6(12)3-1-5(11)9-7(3)13/h3-4,10H,1-2,8H2,(H,9,11,13)/t3?,4-/m0/s1. The van der Waals surface area contributed by atoms with Crippen LogP contribution in [0.3, 0.4) is 0 Å². The molecule has 13 heavy (non-hydrogen) atoms. The zero-order valence-corrected chi connectivity index (χ0v) is 6.82. The second kappa shape index (κ2) is 3.63. The fourth-order valence-electron chi connectivity index (χ4n) is 1.13. The molecule has 1 unspecified atom stereocenters. The van der Waals surface area contributed by atoms with Crippen LogP contribution in [0.5, 0.6) is 0 Å². The van der Waals surface area contributed by atoms with Gasteiger partial charge in [0.15, 0.2) is 5.78 Å². The summed E-state index contributed by atoms with van der Waals surface area (Å²) in [4.78, 5) is 32.9. The molecule has 0 aromatic carbocycles. The molecule has 0 spiro atoms. The Morgan fingerprint density at radius 1 is 1.69 bits per heavy atom. The van der Waals surface area contributed by atoms with Crippen molar-refractivity contribution < 1.29 is 19.5 Å². The molecule has 2 atom stereocenters. The minimum atomic E-state index is -1.08. The van der Waals surface area contributed by atoms with Gasteiger partial charge in [-0.3, -0.25) is 19.7 Å². The molecule has 1 rings (SSSR count). The second-order valence-electron chi connectivity index (χ2n) is 2.86. The van der Waals surface area contributed by atoms with Gasteiger partial charge in [-0.05, 0) is 0 Å². The van der Waals surface area contributed by atoms with Gasteiger partial charge < -0.3 is 10.8 Å². The second-order valence-corrected chi connectivity index (χ2v) is 2.86. The number of Topliss-reactive ketones (excluding diaryl/α,β-unsaturated/α-hetero) is 1. The highest BCUT2D eigenvalue weighted by Gasteiger charge is 2.38. The van der Waals surface area contributed by atoms with Crippen LogP contribution in [0.4, 0.5) is 0 Å². The monoisotopic (exact) mass is 186 g/mol. The summed E-state index contributed by atoms with van der Waals surface area (Å²) in [5.74, 6) is -2.71. The lowest BCUT2D eigenvalue weighted by molar-refractivity contribution is -0.132. The molecule has 0 radical (unpaired) electrons. The first-order valence-electron chi connectivity index (χ1n) is 3.80. The first-order valence-corrected chi connectivity index (χ1v) is 3.80. The third kappa shape index (κ3) is 1.90. The molecule has 1 aliphatic rings. The summed E-state index contributed by atoms with van der Waals surface area (Å²) < 4.78 is 0. The highest BCUT2D eigenvalue weighted by Crippen LogP contribution is 2.12. The van der Waals surface area contributed by atoms with Crippen molar-refractivity contribution in [3.05, 3.63) is 0 Å². The number of amides is 2. The van der Waals surface area contributed by atoms with Gasteiger partial charge in [0, 0.05) is 6.42 Å². The summed E-state index contributed by atoms with van der Waals surface area (Å²) in [5, 5.41) is 10.5. The average Bonchev–Trinajstić information content (AvgIpc) is 2.42. The number of imide groups is 1. The maximum Gasteiger partial charge on any atom is 0.237 e. The number of nitrogens with two attached hydrogens (primary N) is 1. The van der Waals surface area contributed by atoms with E-state index >= 15 is 0 Å². The van der Waals surface area contributed by atoms with Gasteiger partial charge in [-0.1, -0.05) is 0 Å². The van der Waals surface area contributed by atoms with Crippen molar-refractivity contribution in [2.45, 2.75) is 12.5 Å². The maximum absolute atomic E-state index is 11.2. The van der Waals surface area contributed by atoms with E-state index < -0.39 is 36.2 Å². The molecule has 2 amide bonds. The molecule has 0 aromatic heterocycles. The fourth-order valence-corrected chi connectivity index (χ4v) is 1.13. The van der Waals surface area contributed by atoms with Crippen molar-refractivity contribution >= 4 is 17.6 Å². The molecule has 1 heterocycles. The topological polar surface area (TPSA) is 109 Å². The molecule has 0 aromatic rings.